The van der Waals surface area contributed by atoms with Crippen molar-refractivity contribution in [3.63, 3.8) is 0 Å². The molecule has 0 spiro atoms. The summed E-state index contributed by atoms with van der Waals surface area (Å²) in [6, 6.07) is 13.5. The number of nitriles is 1. The lowest BCUT2D eigenvalue weighted by Crippen LogP contribution is -2.48. The molecule has 1 aliphatic heterocycles. The maximum atomic E-state index is 15.0. The number of para-hydroxylation sites is 1. The van der Waals surface area contributed by atoms with E-state index in [0.717, 1.165) is 10.2 Å². The summed E-state index contributed by atoms with van der Waals surface area (Å²) in [7, 11) is 0. The highest BCUT2D eigenvalue weighted by Gasteiger charge is 2.31. The van der Waals surface area contributed by atoms with Gasteiger partial charge in [-0.1, -0.05) is 24.3 Å². The lowest BCUT2D eigenvalue weighted by Gasteiger charge is -2.27. The molecule has 1 aromatic heterocycles. The van der Waals surface area contributed by atoms with Gasteiger partial charge >= 0.3 is 6.09 Å². The van der Waals surface area contributed by atoms with Crippen molar-refractivity contribution < 1.29 is 23.5 Å². The van der Waals surface area contributed by atoms with E-state index in [2.05, 4.69) is 10.3 Å². The topological polar surface area (TPSA) is 105 Å². The van der Waals surface area contributed by atoms with Crippen LogP contribution < -0.4 is 5.32 Å². The highest BCUT2D eigenvalue weighted by Crippen LogP contribution is 2.31. The third kappa shape index (κ3) is 6.81. The predicted molar refractivity (Wildman–Crippen MR) is 138 cm³/mol. The number of hydrogen-bond acceptors (Lipinski definition) is 7. The van der Waals surface area contributed by atoms with Crippen LogP contribution in [0.25, 0.3) is 20.8 Å². The maximum Gasteiger partial charge on any atom is 0.410 e. The Morgan fingerprint density at radius 2 is 2.11 bits per heavy atom. The van der Waals surface area contributed by atoms with E-state index in [1.165, 1.54) is 22.3 Å². The summed E-state index contributed by atoms with van der Waals surface area (Å²) >= 11 is 1.48. The highest BCUT2D eigenvalue weighted by atomic mass is 32.1. The number of amides is 2. The van der Waals surface area contributed by atoms with E-state index in [1.807, 2.05) is 30.3 Å². The molecule has 1 saturated heterocycles. The van der Waals surface area contributed by atoms with Crippen molar-refractivity contribution in [2.45, 2.75) is 51.4 Å². The Bertz CT molecular complexity index is 1300. The summed E-state index contributed by atoms with van der Waals surface area (Å²) in [6.45, 7) is 6.00. The van der Waals surface area contributed by atoms with Gasteiger partial charge in [0.05, 0.1) is 22.8 Å². The number of hydrogen-bond donors (Lipinski definition) is 1. The fraction of sp³-hybridized carbons (Fsp3) is 0.407. The number of nitrogens with one attached hydrogen (secondary N) is 1. The smallest absolute Gasteiger partial charge is 0.410 e. The number of rotatable bonds is 5. The maximum absolute atomic E-state index is 15.0. The second-order valence-electron chi connectivity index (χ2n) is 9.83. The van der Waals surface area contributed by atoms with Gasteiger partial charge in [-0.25, -0.2) is 14.2 Å². The summed E-state index contributed by atoms with van der Waals surface area (Å²) in [5.74, 6) is -1.01. The van der Waals surface area contributed by atoms with Crippen LogP contribution in [-0.4, -0.2) is 59.3 Å². The summed E-state index contributed by atoms with van der Waals surface area (Å²) in [4.78, 5) is 31.4. The van der Waals surface area contributed by atoms with Gasteiger partial charge < -0.3 is 19.7 Å². The average molecular weight is 525 g/mol. The van der Waals surface area contributed by atoms with E-state index in [1.54, 1.807) is 32.9 Å². The Labute approximate surface area is 219 Å². The number of ether oxygens (including phenoxy) is 2. The Morgan fingerprint density at radius 1 is 1.32 bits per heavy atom. The Kier molecular flexibility index (Phi) is 8.05. The van der Waals surface area contributed by atoms with Gasteiger partial charge in [0.25, 0.3) is 5.91 Å². The number of benzene rings is 2. The van der Waals surface area contributed by atoms with Gasteiger partial charge in [-0.05, 0) is 51.0 Å². The van der Waals surface area contributed by atoms with E-state index >= 15 is 0 Å². The van der Waals surface area contributed by atoms with Crippen molar-refractivity contribution in [3.8, 4) is 16.6 Å². The molecule has 3 aromatic rings. The second-order valence-corrected chi connectivity index (χ2v) is 10.9. The first-order valence-corrected chi connectivity index (χ1v) is 12.9. The molecule has 1 fully saturated rings. The Morgan fingerprint density at radius 3 is 2.81 bits per heavy atom. The van der Waals surface area contributed by atoms with Gasteiger partial charge in [0.15, 0.2) is 6.10 Å². The van der Waals surface area contributed by atoms with E-state index in [0.29, 0.717) is 29.1 Å². The zero-order valence-corrected chi connectivity index (χ0v) is 21.8. The first kappa shape index (κ1) is 26.5. The van der Waals surface area contributed by atoms with Crippen LogP contribution >= 0.6 is 11.3 Å². The third-order valence-corrected chi connectivity index (χ3v) is 6.80. The number of nitrogens with zero attached hydrogens (tertiary/aromatic N) is 3. The summed E-state index contributed by atoms with van der Waals surface area (Å²) in [6.07, 6.45) is -0.951. The van der Waals surface area contributed by atoms with Gasteiger partial charge in [0.2, 0.25) is 0 Å². The van der Waals surface area contributed by atoms with Gasteiger partial charge in [-0.15, -0.1) is 11.3 Å². The zero-order chi connectivity index (χ0) is 26.6. The number of thiazole rings is 1. The molecule has 10 heteroatoms. The molecule has 1 aliphatic rings. The van der Waals surface area contributed by atoms with Crippen LogP contribution in [0.3, 0.4) is 0 Å². The molecule has 4 rings (SSSR count). The molecular weight excluding hydrogens is 495 g/mol. The molecule has 2 amide bonds. The minimum atomic E-state index is -0.975. The van der Waals surface area contributed by atoms with E-state index in [9.17, 15) is 19.2 Å². The minimum absolute atomic E-state index is 0.00409. The molecular formula is C27H29FN4O4S. The summed E-state index contributed by atoms with van der Waals surface area (Å²) < 4.78 is 27.0. The van der Waals surface area contributed by atoms with Crippen LogP contribution in [0, 0.1) is 17.1 Å². The second kappa shape index (κ2) is 11.2. The largest absolute Gasteiger partial charge is 0.444 e. The van der Waals surface area contributed by atoms with Crippen molar-refractivity contribution in [1.29, 1.82) is 5.26 Å². The molecule has 2 heterocycles. The van der Waals surface area contributed by atoms with Gasteiger partial charge in [0.1, 0.15) is 22.5 Å². The standard InChI is InChI=1S/C27H29FN4O4S/c1-27(2,3)36-26(34)32-11-6-12-35-22(16-32)24(33)30-19(15-29)13-17-9-10-18(14-20(17)28)25-31-21-7-4-5-8-23(21)37-25/h4-5,7-10,14,19,22H,6,11-13,16H2,1-3H3,(H,30,33)/t19?,22-/m0/s1. The molecule has 8 nitrogen and oxygen atoms in total. The predicted octanol–water partition coefficient (Wildman–Crippen LogP) is 4.68. The molecule has 0 saturated carbocycles. The van der Waals surface area contributed by atoms with Crippen LogP contribution in [0.4, 0.5) is 9.18 Å². The van der Waals surface area contributed by atoms with Crippen molar-refractivity contribution in [2.24, 2.45) is 0 Å². The summed E-state index contributed by atoms with van der Waals surface area (Å²) in [5, 5.41) is 13.0. The highest BCUT2D eigenvalue weighted by molar-refractivity contribution is 7.21. The van der Waals surface area contributed by atoms with Crippen LogP contribution in [0.1, 0.15) is 32.8 Å². The first-order chi connectivity index (χ1) is 17.6. The van der Waals surface area contributed by atoms with Crippen LogP contribution in [0.5, 0.6) is 0 Å². The lowest BCUT2D eigenvalue weighted by atomic mass is 10.0. The van der Waals surface area contributed by atoms with Gasteiger partial charge in [-0.3, -0.25) is 4.79 Å². The van der Waals surface area contributed by atoms with Crippen LogP contribution in [0.2, 0.25) is 0 Å². The number of halogens is 1. The molecule has 0 bridgehead atoms. The molecule has 37 heavy (non-hydrogen) atoms. The van der Waals surface area contributed by atoms with Gasteiger partial charge in [-0.2, -0.15) is 5.26 Å². The third-order valence-electron chi connectivity index (χ3n) is 5.71. The fourth-order valence-corrected chi connectivity index (χ4v) is 4.89. The minimum Gasteiger partial charge on any atom is -0.444 e. The van der Waals surface area contributed by atoms with Crippen molar-refractivity contribution in [3.05, 3.63) is 53.8 Å². The van der Waals surface area contributed by atoms with E-state index < -0.39 is 35.6 Å². The molecule has 2 atom stereocenters. The van der Waals surface area contributed by atoms with Crippen LogP contribution in [0.15, 0.2) is 42.5 Å². The van der Waals surface area contributed by atoms with Crippen molar-refractivity contribution >= 4 is 33.6 Å². The van der Waals surface area contributed by atoms with Crippen molar-refractivity contribution in [2.75, 3.05) is 19.7 Å². The van der Waals surface area contributed by atoms with Crippen molar-refractivity contribution in [1.82, 2.24) is 15.2 Å². The molecule has 1 N–H and O–H groups in total. The first-order valence-electron chi connectivity index (χ1n) is 12.1. The number of carbonyl (C=O) groups is 2. The summed E-state index contributed by atoms with van der Waals surface area (Å²) in [5.41, 5.74) is 1.13. The Balaban J connectivity index is 1.40. The normalized spacial score (nSPS) is 17.1. The van der Waals surface area contributed by atoms with Gasteiger partial charge in [0, 0.05) is 25.1 Å². The Hall–Kier alpha value is -3.55. The van der Waals surface area contributed by atoms with E-state index in [4.69, 9.17) is 9.47 Å². The lowest BCUT2D eigenvalue weighted by molar-refractivity contribution is -0.133. The molecule has 194 valence electrons. The number of carbonyl (C=O) groups excluding carboxylic acids is 2. The molecule has 0 radical (unpaired) electrons. The molecule has 2 aromatic carbocycles. The SMILES string of the molecule is CC(C)(C)OC(=O)N1CCCO[C@H](C(=O)NC(C#N)Cc2ccc(-c3nc4ccccc4s3)cc2F)C1. The number of fused-ring (bicyclic) bond motifs is 1. The fourth-order valence-electron chi connectivity index (χ4n) is 3.93. The average Bonchev–Trinajstić information content (AvgIpc) is 3.12. The molecule has 1 unspecified atom stereocenters. The quantitative estimate of drug-likeness (QED) is 0.520. The number of aromatic nitrogens is 1. The van der Waals surface area contributed by atoms with Crippen LogP contribution in [-0.2, 0) is 20.7 Å². The molecule has 0 aliphatic carbocycles. The monoisotopic (exact) mass is 524 g/mol. The van der Waals surface area contributed by atoms with E-state index in [-0.39, 0.29) is 19.6 Å². The zero-order valence-electron chi connectivity index (χ0n) is 21.0.